The number of hydrogen-bond acceptors (Lipinski definition) is 5. The van der Waals surface area contributed by atoms with E-state index < -0.39 is 0 Å². The fourth-order valence-electron chi connectivity index (χ4n) is 5.88. The predicted molar refractivity (Wildman–Crippen MR) is 161 cm³/mol. The molecule has 0 bridgehead atoms. The number of fused-ring (bicyclic) bond motifs is 8. The van der Waals surface area contributed by atoms with Gasteiger partial charge in [-0.2, -0.15) is 0 Å². The molecule has 0 saturated heterocycles. The van der Waals surface area contributed by atoms with Crippen LogP contribution in [0, 0.1) is 0 Å². The van der Waals surface area contributed by atoms with Gasteiger partial charge in [-0.15, -0.1) is 0 Å². The third-order valence-corrected chi connectivity index (χ3v) is 7.75. The van der Waals surface area contributed by atoms with E-state index in [-0.39, 0.29) is 10.9 Å². The summed E-state index contributed by atoms with van der Waals surface area (Å²) in [5.41, 5.74) is 3.39. The molecule has 8 rings (SSSR count). The summed E-state index contributed by atoms with van der Waals surface area (Å²) >= 11 is 0. The van der Waals surface area contributed by atoms with Gasteiger partial charge in [-0.1, -0.05) is 60.7 Å². The second-order valence-corrected chi connectivity index (χ2v) is 9.92. The van der Waals surface area contributed by atoms with Crippen LogP contribution in [0.2, 0.25) is 0 Å². The van der Waals surface area contributed by atoms with Crippen molar-refractivity contribution in [2.24, 2.45) is 0 Å². The van der Waals surface area contributed by atoms with E-state index in [1.807, 2.05) is 78.9 Å². The van der Waals surface area contributed by atoms with Gasteiger partial charge in [0.15, 0.2) is 0 Å². The molecule has 0 aliphatic rings. The van der Waals surface area contributed by atoms with Crippen LogP contribution in [0.1, 0.15) is 0 Å². The van der Waals surface area contributed by atoms with Crippen molar-refractivity contribution in [3.8, 4) is 16.9 Å². The molecule has 0 unspecified atom stereocenters. The molecule has 0 N–H and O–H groups in total. The molecule has 0 saturated carbocycles. The summed E-state index contributed by atoms with van der Waals surface area (Å²) < 4.78 is 18.1. The summed E-state index contributed by atoms with van der Waals surface area (Å²) in [7, 11) is 1.54. The first-order chi connectivity index (χ1) is 19.6. The van der Waals surface area contributed by atoms with Crippen molar-refractivity contribution in [1.29, 1.82) is 0 Å². The lowest BCUT2D eigenvalue weighted by molar-refractivity contribution is 0.419. The fraction of sp³-hybridized carbons (Fsp3) is 0.0286. The number of benzene rings is 6. The van der Waals surface area contributed by atoms with Gasteiger partial charge < -0.3 is 13.6 Å². The SMILES string of the molecule is COc1cccc2oc3ccc4ccc(-c5cc6ccccc6c6c(=O)c7ccccc7oc56)cc4c3c(=O)c12. The molecule has 0 amide bonds. The van der Waals surface area contributed by atoms with Crippen molar-refractivity contribution < 1.29 is 13.6 Å². The highest BCUT2D eigenvalue weighted by Crippen LogP contribution is 2.38. The molecule has 0 aliphatic heterocycles. The van der Waals surface area contributed by atoms with Gasteiger partial charge in [-0.25, -0.2) is 0 Å². The molecule has 0 aliphatic carbocycles. The molecular weight excluding hydrogens is 500 g/mol. The molecule has 0 atom stereocenters. The highest BCUT2D eigenvalue weighted by Gasteiger charge is 2.18. The lowest BCUT2D eigenvalue weighted by atomic mass is 9.94. The van der Waals surface area contributed by atoms with Crippen LogP contribution >= 0.6 is 0 Å². The lowest BCUT2D eigenvalue weighted by Crippen LogP contribution is -2.05. The van der Waals surface area contributed by atoms with E-state index in [0.717, 1.165) is 32.7 Å². The first-order valence-electron chi connectivity index (χ1n) is 13.0. The maximum absolute atomic E-state index is 13.9. The highest BCUT2D eigenvalue weighted by atomic mass is 16.5. The molecule has 2 heterocycles. The minimum atomic E-state index is -0.155. The normalized spacial score (nSPS) is 11.8. The largest absolute Gasteiger partial charge is 0.496 e. The fourth-order valence-corrected chi connectivity index (χ4v) is 5.88. The maximum atomic E-state index is 13.9. The smallest absolute Gasteiger partial charge is 0.204 e. The second kappa shape index (κ2) is 8.29. The Morgan fingerprint density at radius 2 is 1.30 bits per heavy atom. The van der Waals surface area contributed by atoms with Crippen LogP contribution < -0.4 is 15.6 Å². The Labute approximate surface area is 226 Å². The van der Waals surface area contributed by atoms with Crippen LogP contribution in [0.4, 0.5) is 0 Å². The van der Waals surface area contributed by atoms with E-state index in [4.69, 9.17) is 13.6 Å². The summed E-state index contributed by atoms with van der Waals surface area (Å²) in [6, 6.07) is 32.2. The molecule has 2 aromatic heterocycles. The van der Waals surface area contributed by atoms with Gasteiger partial charge >= 0.3 is 0 Å². The average Bonchev–Trinajstić information content (AvgIpc) is 3.00. The van der Waals surface area contributed by atoms with Crippen molar-refractivity contribution >= 4 is 65.4 Å². The lowest BCUT2D eigenvalue weighted by Gasteiger charge is -2.12. The van der Waals surface area contributed by atoms with E-state index in [0.29, 0.717) is 49.6 Å². The predicted octanol–water partition coefficient (Wildman–Crippen LogP) is 8.19. The van der Waals surface area contributed by atoms with Crippen molar-refractivity contribution in [3.63, 3.8) is 0 Å². The van der Waals surface area contributed by atoms with Crippen molar-refractivity contribution in [2.45, 2.75) is 0 Å². The summed E-state index contributed by atoms with van der Waals surface area (Å²) in [4.78, 5) is 27.7. The standard InChI is InChI=1S/C35H20O5/c1-38-27-11-6-12-28-32(27)34(37)30-24-17-21(14-13-19(24)15-16-29(30)39-28)25-18-20-7-2-3-8-22(20)31-33(36)23-9-4-5-10-26(23)40-35(25)31/h2-18H,1H3. The van der Waals surface area contributed by atoms with Crippen molar-refractivity contribution in [1.82, 2.24) is 0 Å². The zero-order valence-electron chi connectivity index (χ0n) is 21.4. The summed E-state index contributed by atoms with van der Waals surface area (Å²) in [5, 5.41) is 5.39. The van der Waals surface area contributed by atoms with Gasteiger partial charge in [-0.3, -0.25) is 9.59 Å². The van der Waals surface area contributed by atoms with Gasteiger partial charge in [0.1, 0.15) is 33.5 Å². The minimum absolute atomic E-state index is 0.0691. The summed E-state index contributed by atoms with van der Waals surface area (Å²) in [5.74, 6) is 0.468. The first-order valence-corrected chi connectivity index (χ1v) is 13.0. The van der Waals surface area contributed by atoms with Gasteiger partial charge in [0.25, 0.3) is 0 Å². The van der Waals surface area contributed by atoms with E-state index in [1.54, 1.807) is 31.4 Å². The molecule has 5 heteroatoms. The molecule has 6 aromatic carbocycles. The quantitative estimate of drug-likeness (QED) is 0.170. The third-order valence-electron chi connectivity index (χ3n) is 7.75. The first kappa shape index (κ1) is 22.6. The molecule has 190 valence electrons. The van der Waals surface area contributed by atoms with Crippen molar-refractivity contribution in [2.75, 3.05) is 7.11 Å². The highest BCUT2D eigenvalue weighted by molar-refractivity contribution is 6.15. The van der Waals surface area contributed by atoms with Gasteiger partial charge in [0, 0.05) is 5.56 Å². The number of rotatable bonds is 2. The van der Waals surface area contributed by atoms with Crippen LogP contribution in [0.3, 0.4) is 0 Å². The molecule has 5 nitrogen and oxygen atoms in total. The zero-order chi connectivity index (χ0) is 27.0. The Bertz CT molecular complexity index is 2470. The van der Waals surface area contributed by atoms with Gasteiger partial charge in [0.2, 0.25) is 10.9 Å². The summed E-state index contributed by atoms with van der Waals surface area (Å²) in [6.07, 6.45) is 0. The second-order valence-electron chi connectivity index (χ2n) is 9.92. The van der Waals surface area contributed by atoms with Crippen LogP contribution in [0.25, 0.3) is 76.5 Å². The van der Waals surface area contributed by atoms with E-state index in [1.165, 1.54) is 0 Å². The molecule has 0 fully saturated rings. The van der Waals surface area contributed by atoms with E-state index >= 15 is 0 Å². The molecule has 40 heavy (non-hydrogen) atoms. The Morgan fingerprint density at radius 3 is 2.17 bits per heavy atom. The van der Waals surface area contributed by atoms with E-state index in [9.17, 15) is 9.59 Å². The Hall–Kier alpha value is -5.42. The average molecular weight is 521 g/mol. The Balaban J connectivity index is 1.52. The minimum Gasteiger partial charge on any atom is -0.496 e. The molecule has 0 spiro atoms. The van der Waals surface area contributed by atoms with Crippen LogP contribution in [-0.4, -0.2) is 7.11 Å². The van der Waals surface area contributed by atoms with Gasteiger partial charge in [-0.05, 0) is 69.6 Å². The van der Waals surface area contributed by atoms with Gasteiger partial charge in [0.05, 0.1) is 23.3 Å². The maximum Gasteiger partial charge on any atom is 0.204 e. The van der Waals surface area contributed by atoms with Crippen LogP contribution in [0.15, 0.2) is 122 Å². The monoisotopic (exact) mass is 520 g/mol. The van der Waals surface area contributed by atoms with Crippen LogP contribution in [-0.2, 0) is 0 Å². The number of hydrogen-bond donors (Lipinski definition) is 0. The van der Waals surface area contributed by atoms with Crippen molar-refractivity contribution in [3.05, 3.63) is 124 Å². The molecule has 8 aromatic rings. The number of para-hydroxylation sites is 1. The molecular formula is C35H20O5. The van der Waals surface area contributed by atoms with E-state index in [2.05, 4.69) is 0 Å². The number of ether oxygens (including phenoxy) is 1. The number of methoxy groups -OCH3 is 1. The summed E-state index contributed by atoms with van der Waals surface area (Å²) in [6.45, 7) is 0. The Kier molecular flexibility index (Phi) is 4.67. The zero-order valence-corrected chi connectivity index (χ0v) is 21.4. The Morgan fingerprint density at radius 1 is 0.550 bits per heavy atom. The van der Waals surface area contributed by atoms with Crippen LogP contribution in [0.5, 0.6) is 5.75 Å². The third kappa shape index (κ3) is 3.09. The molecule has 0 radical (unpaired) electrons. The topological polar surface area (TPSA) is 69.7 Å².